The van der Waals surface area contributed by atoms with Gasteiger partial charge in [0, 0.05) is 18.0 Å². The summed E-state index contributed by atoms with van der Waals surface area (Å²) in [6.07, 6.45) is 3.04. The molecule has 1 aromatic heterocycles. The molecule has 0 radical (unpaired) electrons. The van der Waals surface area contributed by atoms with Crippen LogP contribution in [0.5, 0.6) is 11.5 Å². The Morgan fingerprint density at radius 1 is 1.17 bits per heavy atom. The highest BCUT2D eigenvalue weighted by Crippen LogP contribution is 2.32. The smallest absolute Gasteiger partial charge is 0.253 e. The number of amides is 2. The van der Waals surface area contributed by atoms with Crippen molar-refractivity contribution in [3.05, 3.63) is 75.7 Å². The maximum atomic E-state index is 12.7. The van der Waals surface area contributed by atoms with Crippen LogP contribution in [-0.2, 0) is 11.3 Å². The standard InChI is InChI=1S/C22H19N3O4S/c1-14-24-16(12-30-14)7-9-21(26)25-18-5-3-2-4-17(18)22(27)23-11-15-6-8-19-20(10-15)29-13-28-19/h2-10,12H,11,13H2,1H3,(H,23,27)(H,25,26)/b9-7+. The quantitative estimate of drug-likeness (QED) is 0.592. The maximum absolute atomic E-state index is 12.7. The number of nitrogens with zero attached hydrogens (tertiary/aromatic N) is 1. The second-order valence-corrected chi connectivity index (χ2v) is 7.59. The van der Waals surface area contributed by atoms with E-state index in [4.69, 9.17) is 9.47 Å². The van der Waals surface area contributed by atoms with Crippen molar-refractivity contribution in [1.29, 1.82) is 0 Å². The van der Waals surface area contributed by atoms with Crippen LogP contribution in [0.4, 0.5) is 5.69 Å². The molecule has 1 aliphatic heterocycles. The Bertz CT molecular complexity index is 1120. The summed E-state index contributed by atoms with van der Waals surface area (Å²) in [7, 11) is 0. The number of carbonyl (C=O) groups is 2. The Labute approximate surface area is 177 Å². The second kappa shape index (κ2) is 8.79. The van der Waals surface area contributed by atoms with E-state index in [1.54, 1.807) is 30.3 Å². The Balaban J connectivity index is 1.40. The van der Waals surface area contributed by atoms with Crippen LogP contribution in [-0.4, -0.2) is 23.6 Å². The topological polar surface area (TPSA) is 89.6 Å². The number of anilines is 1. The molecule has 0 saturated carbocycles. The van der Waals surface area contributed by atoms with Crippen molar-refractivity contribution >= 4 is 34.9 Å². The Hall–Kier alpha value is -3.65. The van der Waals surface area contributed by atoms with E-state index in [0.717, 1.165) is 16.3 Å². The van der Waals surface area contributed by atoms with E-state index in [2.05, 4.69) is 15.6 Å². The van der Waals surface area contributed by atoms with Gasteiger partial charge in [0.25, 0.3) is 5.91 Å². The predicted molar refractivity (Wildman–Crippen MR) is 115 cm³/mol. The summed E-state index contributed by atoms with van der Waals surface area (Å²) >= 11 is 1.51. The lowest BCUT2D eigenvalue weighted by Gasteiger charge is -2.11. The van der Waals surface area contributed by atoms with Crippen LogP contribution in [0, 0.1) is 6.92 Å². The van der Waals surface area contributed by atoms with Gasteiger partial charge in [0.1, 0.15) is 0 Å². The first-order valence-electron chi connectivity index (χ1n) is 9.25. The molecule has 0 saturated heterocycles. The maximum Gasteiger partial charge on any atom is 0.253 e. The molecule has 2 aromatic carbocycles. The zero-order valence-electron chi connectivity index (χ0n) is 16.2. The van der Waals surface area contributed by atoms with Crippen molar-refractivity contribution < 1.29 is 19.1 Å². The summed E-state index contributed by atoms with van der Waals surface area (Å²) < 4.78 is 10.6. The fourth-order valence-corrected chi connectivity index (χ4v) is 3.49. The van der Waals surface area contributed by atoms with Crippen LogP contribution in [0.3, 0.4) is 0 Å². The molecule has 0 bridgehead atoms. The Kier molecular flexibility index (Phi) is 5.76. The number of hydrogen-bond donors (Lipinski definition) is 2. The normalized spacial score (nSPS) is 12.2. The number of para-hydroxylation sites is 1. The minimum absolute atomic E-state index is 0.203. The molecular weight excluding hydrogens is 402 g/mol. The molecule has 3 aromatic rings. The highest BCUT2D eigenvalue weighted by atomic mass is 32.1. The summed E-state index contributed by atoms with van der Waals surface area (Å²) in [5.74, 6) is 0.731. The van der Waals surface area contributed by atoms with Gasteiger partial charge in [0.05, 0.1) is 22.0 Å². The van der Waals surface area contributed by atoms with E-state index >= 15 is 0 Å². The molecule has 0 unspecified atom stereocenters. The number of benzene rings is 2. The van der Waals surface area contributed by atoms with Gasteiger partial charge in [-0.25, -0.2) is 4.98 Å². The fraction of sp³-hybridized carbons (Fsp3) is 0.136. The van der Waals surface area contributed by atoms with Crippen molar-refractivity contribution in [2.24, 2.45) is 0 Å². The second-order valence-electron chi connectivity index (χ2n) is 6.53. The van der Waals surface area contributed by atoms with E-state index in [0.29, 0.717) is 29.3 Å². The molecule has 0 spiro atoms. The molecule has 152 valence electrons. The van der Waals surface area contributed by atoms with Crippen molar-refractivity contribution in [3.8, 4) is 11.5 Å². The third-order valence-electron chi connectivity index (χ3n) is 4.36. The molecule has 0 fully saturated rings. The highest BCUT2D eigenvalue weighted by Gasteiger charge is 2.15. The van der Waals surface area contributed by atoms with Crippen LogP contribution in [0.25, 0.3) is 6.08 Å². The Morgan fingerprint density at radius 2 is 2.00 bits per heavy atom. The predicted octanol–water partition coefficient (Wildman–Crippen LogP) is 3.76. The molecular formula is C22H19N3O4S. The summed E-state index contributed by atoms with van der Waals surface area (Å²) in [5.41, 5.74) is 2.42. The summed E-state index contributed by atoms with van der Waals surface area (Å²) in [6.45, 7) is 2.43. The van der Waals surface area contributed by atoms with Gasteiger partial charge in [-0.05, 0) is 42.8 Å². The van der Waals surface area contributed by atoms with Crippen molar-refractivity contribution in [3.63, 3.8) is 0 Å². The molecule has 1 aliphatic rings. The van der Waals surface area contributed by atoms with Gasteiger partial charge >= 0.3 is 0 Å². The van der Waals surface area contributed by atoms with Gasteiger partial charge in [-0.15, -0.1) is 11.3 Å². The van der Waals surface area contributed by atoms with Crippen LogP contribution in [0.15, 0.2) is 53.9 Å². The molecule has 2 heterocycles. The third-order valence-corrected chi connectivity index (χ3v) is 5.15. The molecule has 2 amide bonds. The van der Waals surface area contributed by atoms with Crippen LogP contribution in [0.1, 0.15) is 26.6 Å². The molecule has 0 atom stereocenters. The van der Waals surface area contributed by atoms with Crippen molar-refractivity contribution in [1.82, 2.24) is 10.3 Å². The van der Waals surface area contributed by atoms with Crippen molar-refractivity contribution in [2.45, 2.75) is 13.5 Å². The zero-order valence-corrected chi connectivity index (χ0v) is 17.0. The molecule has 4 rings (SSSR count). The lowest BCUT2D eigenvalue weighted by atomic mass is 10.1. The molecule has 2 N–H and O–H groups in total. The van der Waals surface area contributed by atoms with E-state index in [9.17, 15) is 9.59 Å². The largest absolute Gasteiger partial charge is 0.454 e. The van der Waals surface area contributed by atoms with E-state index in [1.807, 2.05) is 30.5 Å². The number of aromatic nitrogens is 1. The number of fused-ring (bicyclic) bond motifs is 1. The van der Waals surface area contributed by atoms with E-state index < -0.39 is 0 Å². The third kappa shape index (κ3) is 4.66. The SMILES string of the molecule is Cc1nc(/C=C/C(=O)Nc2ccccc2C(=O)NCc2ccc3c(c2)OCO3)cs1. The number of carbonyl (C=O) groups excluding carboxylic acids is 2. The molecule has 30 heavy (non-hydrogen) atoms. The first kappa shape index (κ1) is 19.7. The van der Waals surface area contributed by atoms with E-state index in [1.165, 1.54) is 17.4 Å². The number of ether oxygens (including phenoxy) is 2. The molecule has 7 nitrogen and oxygen atoms in total. The van der Waals surface area contributed by atoms with Gasteiger partial charge in [0.15, 0.2) is 11.5 Å². The molecule has 0 aliphatic carbocycles. The number of thiazole rings is 1. The summed E-state index contributed by atoms with van der Waals surface area (Å²) in [6, 6.07) is 12.4. The van der Waals surface area contributed by atoms with Gasteiger partial charge in [-0.3, -0.25) is 9.59 Å². The lowest BCUT2D eigenvalue weighted by molar-refractivity contribution is -0.111. The lowest BCUT2D eigenvalue weighted by Crippen LogP contribution is -2.24. The van der Waals surface area contributed by atoms with Crippen LogP contribution < -0.4 is 20.1 Å². The average molecular weight is 421 g/mol. The fourth-order valence-electron chi connectivity index (χ4n) is 2.91. The zero-order chi connectivity index (χ0) is 20.9. The minimum Gasteiger partial charge on any atom is -0.454 e. The highest BCUT2D eigenvalue weighted by molar-refractivity contribution is 7.09. The number of hydrogen-bond acceptors (Lipinski definition) is 6. The number of aryl methyl sites for hydroxylation is 1. The average Bonchev–Trinajstić information content (AvgIpc) is 3.39. The van der Waals surface area contributed by atoms with Gasteiger partial charge in [0.2, 0.25) is 12.7 Å². The Morgan fingerprint density at radius 3 is 2.83 bits per heavy atom. The van der Waals surface area contributed by atoms with E-state index in [-0.39, 0.29) is 18.6 Å². The minimum atomic E-state index is -0.336. The van der Waals surface area contributed by atoms with Gasteiger partial charge < -0.3 is 20.1 Å². The molecule has 8 heteroatoms. The van der Waals surface area contributed by atoms with Gasteiger partial charge in [-0.1, -0.05) is 18.2 Å². The summed E-state index contributed by atoms with van der Waals surface area (Å²) in [4.78, 5) is 29.2. The number of nitrogens with one attached hydrogen (secondary N) is 2. The van der Waals surface area contributed by atoms with Gasteiger partial charge in [-0.2, -0.15) is 0 Å². The summed E-state index contributed by atoms with van der Waals surface area (Å²) in [5, 5.41) is 8.42. The monoisotopic (exact) mass is 421 g/mol. The first-order chi connectivity index (χ1) is 14.6. The van der Waals surface area contributed by atoms with Crippen LogP contribution >= 0.6 is 11.3 Å². The first-order valence-corrected chi connectivity index (χ1v) is 10.1. The van der Waals surface area contributed by atoms with Crippen LogP contribution in [0.2, 0.25) is 0 Å². The number of rotatable bonds is 6. The van der Waals surface area contributed by atoms with Crippen molar-refractivity contribution in [2.75, 3.05) is 12.1 Å².